The molecule has 288 valence electrons. The van der Waals surface area contributed by atoms with Gasteiger partial charge >= 0.3 is 0 Å². The van der Waals surface area contributed by atoms with E-state index in [4.69, 9.17) is 25.7 Å². The van der Waals surface area contributed by atoms with Gasteiger partial charge in [0.1, 0.15) is 35.0 Å². The third kappa shape index (κ3) is 6.48. The number of ether oxygens (including phenoxy) is 3. The van der Waals surface area contributed by atoms with Gasteiger partial charge < -0.3 is 30.8 Å². The van der Waals surface area contributed by atoms with Crippen molar-refractivity contribution in [3.05, 3.63) is 222 Å². The lowest BCUT2D eigenvalue weighted by atomic mass is 9.79. The number of imidazole rings is 1. The fourth-order valence-corrected chi connectivity index (χ4v) is 8.25. The molecule has 1 fully saturated rings. The first-order chi connectivity index (χ1) is 28.5. The highest BCUT2D eigenvalue weighted by molar-refractivity contribution is 5.82. The monoisotopic (exact) mass is 766 g/mol. The summed E-state index contributed by atoms with van der Waals surface area (Å²) < 4.78 is 23.4. The Morgan fingerprint density at radius 2 is 0.966 bits per heavy atom. The highest BCUT2D eigenvalue weighted by atomic mass is 16.6. The summed E-state index contributed by atoms with van der Waals surface area (Å²) in [7, 11) is 0. The minimum absolute atomic E-state index is 0.0202. The Bertz CT molecular complexity index is 2390. The number of nitrogens with zero attached hydrogens (tertiary/aromatic N) is 4. The van der Waals surface area contributed by atoms with Gasteiger partial charge in [0.25, 0.3) is 0 Å². The van der Waals surface area contributed by atoms with Crippen LogP contribution in [0.4, 0.5) is 11.8 Å². The fraction of sp³-hybridized carbons (Fsp3) is 0.146. The highest BCUT2D eigenvalue weighted by Crippen LogP contribution is 2.47. The third-order valence-electron chi connectivity index (χ3n) is 10.9. The van der Waals surface area contributed by atoms with Crippen LogP contribution in [0.5, 0.6) is 0 Å². The van der Waals surface area contributed by atoms with Crippen LogP contribution in [0.25, 0.3) is 11.2 Å². The summed E-state index contributed by atoms with van der Waals surface area (Å²) in [5.74, 6) is 0.107. The Hall–Kier alpha value is -6.69. The number of nitrogen functional groups attached to an aromatic ring is 2. The molecule has 0 aliphatic carbocycles. The van der Waals surface area contributed by atoms with E-state index < -0.39 is 35.7 Å². The molecule has 1 aliphatic heterocycles. The van der Waals surface area contributed by atoms with Crippen LogP contribution in [-0.2, 0) is 25.4 Å². The van der Waals surface area contributed by atoms with Crippen LogP contribution in [0, 0.1) is 0 Å². The van der Waals surface area contributed by atoms with E-state index in [0.717, 1.165) is 33.4 Å². The largest absolute Gasteiger partial charge is 0.387 e. The maximum Gasteiger partial charge on any atom is 0.224 e. The summed E-state index contributed by atoms with van der Waals surface area (Å²) in [6, 6.07) is 60.3. The smallest absolute Gasteiger partial charge is 0.224 e. The first-order valence-corrected chi connectivity index (χ1v) is 19.2. The zero-order chi connectivity index (χ0) is 39.5. The van der Waals surface area contributed by atoms with E-state index in [-0.39, 0.29) is 18.4 Å². The van der Waals surface area contributed by atoms with Crippen molar-refractivity contribution in [1.82, 2.24) is 19.5 Å². The van der Waals surface area contributed by atoms with E-state index in [1.54, 1.807) is 10.9 Å². The van der Waals surface area contributed by atoms with E-state index in [1.165, 1.54) is 0 Å². The number of anilines is 2. The van der Waals surface area contributed by atoms with E-state index in [9.17, 15) is 5.11 Å². The summed E-state index contributed by atoms with van der Waals surface area (Å²) in [4.78, 5) is 13.3. The van der Waals surface area contributed by atoms with Gasteiger partial charge in [0, 0.05) is 0 Å². The van der Waals surface area contributed by atoms with Crippen molar-refractivity contribution < 1.29 is 19.3 Å². The normalized spacial score (nSPS) is 18.4. The molecule has 10 heteroatoms. The molecule has 0 radical (unpaired) electrons. The molecule has 0 saturated carbocycles. The van der Waals surface area contributed by atoms with Gasteiger partial charge in [-0.3, -0.25) is 4.57 Å². The van der Waals surface area contributed by atoms with Crippen LogP contribution in [0.3, 0.4) is 0 Å². The lowest BCUT2D eigenvalue weighted by Crippen LogP contribution is -2.45. The molecule has 8 aromatic rings. The quantitative estimate of drug-likeness (QED) is 0.107. The Morgan fingerprint density at radius 3 is 1.38 bits per heavy atom. The molecule has 0 amide bonds. The van der Waals surface area contributed by atoms with Crippen LogP contribution >= 0.6 is 0 Å². The average Bonchev–Trinajstić information content (AvgIpc) is 3.84. The summed E-state index contributed by atoms with van der Waals surface area (Å²) in [6.07, 6.45) is -2.56. The second-order valence-corrected chi connectivity index (χ2v) is 14.3. The van der Waals surface area contributed by atoms with Gasteiger partial charge in [-0.05, 0) is 33.4 Å². The molecule has 5 N–H and O–H groups in total. The van der Waals surface area contributed by atoms with Gasteiger partial charge in [-0.1, -0.05) is 182 Å². The second-order valence-electron chi connectivity index (χ2n) is 14.3. The van der Waals surface area contributed by atoms with Crippen molar-refractivity contribution in [3.63, 3.8) is 0 Å². The van der Waals surface area contributed by atoms with Crippen LogP contribution in [-0.4, -0.2) is 49.5 Å². The zero-order valence-corrected chi connectivity index (χ0v) is 31.5. The van der Waals surface area contributed by atoms with Crippen molar-refractivity contribution in [3.8, 4) is 0 Å². The third-order valence-corrected chi connectivity index (χ3v) is 10.9. The number of hydrogen-bond acceptors (Lipinski definition) is 9. The highest BCUT2D eigenvalue weighted by Gasteiger charge is 2.52. The summed E-state index contributed by atoms with van der Waals surface area (Å²) in [5.41, 5.74) is 16.2. The molecule has 6 aromatic carbocycles. The van der Waals surface area contributed by atoms with Crippen molar-refractivity contribution in [2.45, 2.75) is 35.7 Å². The molecule has 0 unspecified atom stereocenters. The predicted octanol–water partition coefficient (Wildman–Crippen LogP) is 7.64. The van der Waals surface area contributed by atoms with Gasteiger partial charge in [-0.15, -0.1) is 0 Å². The molecule has 9 rings (SSSR count). The first-order valence-electron chi connectivity index (χ1n) is 19.2. The maximum atomic E-state index is 12.8. The van der Waals surface area contributed by atoms with Crippen molar-refractivity contribution in [1.29, 1.82) is 0 Å². The average molecular weight is 767 g/mol. The van der Waals surface area contributed by atoms with Crippen LogP contribution < -0.4 is 11.5 Å². The minimum atomic E-state index is -1.23. The molecule has 3 heterocycles. The van der Waals surface area contributed by atoms with Gasteiger partial charge in [-0.25, -0.2) is 4.98 Å². The molecule has 1 saturated heterocycles. The number of aliphatic hydroxyl groups excluding tert-OH is 1. The molecule has 10 nitrogen and oxygen atoms in total. The lowest BCUT2D eigenvalue weighted by molar-refractivity contribution is -0.122. The molecule has 0 bridgehead atoms. The molecular weight excluding hydrogens is 725 g/mol. The number of fused-ring (bicyclic) bond motifs is 1. The molecule has 2 aromatic heterocycles. The van der Waals surface area contributed by atoms with Gasteiger partial charge in [-0.2, -0.15) is 9.97 Å². The number of nitrogens with two attached hydrogens (primary N) is 2. The molecule has 58 heavy (non-hydrogen) atoms. The maximum absolute atomic E-state index is 12.8. The van der Waals surface area contributed by atoms with Crippen molar-refractivity contribution in [2.24, 2.45) is 0 Å². The standard InChI is InChI=1S/C48H42N6O4/c49-43-40-44(53-46(50)52-43)54(32-51-40)45-42(58-48(36-25-13-4-14-26-36,37-27-15-5-16-28-37)38-29-17-6-18-30-38)41(55)39(57-45)31-56-47(33-19-7-1-8-20-33,34-21-9-2-10-22-34)35-23-11-3-12-24-35/h1-30,32,39,41-42,45,55H,31H2,(H4,49,50,52,53)/t39-,41-,42-,45-/m1/s1. The molecular formula is C48H42N6O4. The van der Waals surface area contributed by atoms with Gasteiger partial charge in [0.15, 0.2) is 17.7 Å². The van der Waals surface area contributed by atoms with Crippen LogP contribution in [0.1, 0.15) is 39.6 Å². The van der Waals surface area contributed by atoms with Crippen molar-refractivity contribution in [2.75, 3.05) is 18.1 Å². The van der Waals surface area contributed by atoms with E-state index in [1.807, 2.05) is 146 Å². The predicted molar refractivity (Wildman–Crippen MR) is 223 cm³/mol. The Morgan fingerprint density at radius 1 is 0.569 bits per heavy atom. The molecule has 4 atom stereocenters. The Kier molecular flexibility index (Phi) is 9.98. The topological polar surface area (TPSA) is 144 Å². The first kappa shape index (κ1) is 36.9. The second kappa shape index (κ2) is 15.7. The van der Waals surface area contributed by atoms with Crippen molar-refractivity contribution >= 4 is 22.9 Å². The summed E-state index contributed by atoms with van der Waals surface area (Å²) >= 11 is 0. The number of rotatable bonds is 12. The SMILES string of the molecule is Nc1nc(N)c2ncn([C@@H]3O[C@H](COC(c4ccccc4)(c4ccccc4)c4ccccc4)[C@@H](O)[C@H]3OC(c3ccccc3)(c3ccccc3)c3ccccc3)c2n1. The van der Waals surface area contributed by atoms with Gasteiger partial charge in [0.2, 0.25) is 5.95 Å². The number of aromatic nitrogens is 4. The minimum Gasteiger partial charge on any atom is -0.387 e. The lowest BCUT2D eigenvalue weighted by Gasteiger charge is -2.40. The number of benzene rings is 6. The van der Waals surface area contributed by atoms with Gasteiger partial charge in [0.05, 0.1) is 12.9 Å². The summed E-state index contributed by atoms with van der Waals surface area (Å²) in [6.45, 7) is -0.0306. The number of hydrogen-bond donors (Lipinski definition) is 3. The molecule has 1 aliphatic rings. The number of aliphatic hydroxyl groups is 1. The fourth-order valence-electron chi connectivity index (χ4n) is 8.25. The van der Waals surface area contributed by atoms with Crippen LogP contribution in [0.15, 0.2) is 188 Å². The van der Waals surface area contributed by atoms with E-state index in [0.29, 0.717) is 11.2 Å². The Labute approximate surface area is 336 Å². The summed E-state index contributed by atoms with van der Waals surface area (Å²) in [5, 5.41) is 12.8. The zero-order valence-electron chi connectivity index (χ0n) is 31.5. The molecule has 0 spiro atoms. The van der Waals surface area contributed by atoms with Crippen LogP contribution in [0.2, 0.25) is 0 Å². The van der Waals surface area contributed by atoms with E-state index >= 15 is 0 Å². The Balaban J connectivity index is 1.20. The van der Waals surface area contributed by atoms with E-state index in [2.05, 4.69) is 51.4 Å².